The molecule has 0 aliphatic carbocycles. The van der Waals surface area contributed by atoms with Gasteiger partial charge in [-0.05, 0) is 72.7 Å². The molecule has 3 aromatic carbocycles. The molecule has 1 N–H and O–H groups in total. The number of carbonyl (C=O) groups excluding carboxylic acids is 1. The summed E-state index contributed by atoms with van der Waals surface area (Å²) in [6.45, 7) is 8.57. The first-order valence-corrected chi connectivity index (χ1v) is 11.8. The molecule has 4 heteroatoms. The molecule has 3 aromatic rings. The van der Waals surface area contributed by atoms with Crippen LogP contribution in [0.1, 0.15) is 51.6 Å². The molecule has 168 valence electrons. The van der Waals surface area contributed by atoms with Crippen LogP contribution in [0.15, 0.2) is 66.7 Å². The second-order valence-electron chi connectivity index (χ2n) is 9.04. The Kier molecular flexibility index (Phi) is 6.99. The number of benzene rings is 3. The summed E-state index contributed by atoms with van der Waals surface area (Å²) in [5.41, 5.74) is 2.37. The summed E-state index contributed by atoms with van der Waals surface area (Å²) in [6, 6.07) is 22.7. The average Bonchev–Trinajstić information content (AvgIpc) is 2.82. The van der Waals surface area contributed by atoms with Crippen molar-refractivity contribution in [2.45, 2.75) is 52.2 Å². The van der Waals surface area contributed by atoms with Crippen molar-refractivity contribution in [2.24, 2.45) is 5.92 Å². The monoisotopic (exact) mass is 430 g/mol. The molecule has 1 amide bonds. The predicted molar refractivity (Wildman–Crippen MR) is 132 cm³/mol. The van der Waals surface area contributed by atoms with E-state index in [1.807, 2.05) is 44.2 Å². The van der Waals surface area contributed by atoms with Crippen LogP contribution >= 0.6 is 0 Å². The van der Waals surface area contributed by atoms with Crippen LogP contribution < -0.4 is 15.0 Å². The van der Waals surface area contributed by atoms with E-state index in [4.69, 9.17) is 4.74 Å². The van der Waals surface area contributed by atoms with Gasteiger partial charge in [0.15, 0.2) is 6.10 Å². The standard InChI is InChI=1S/C28H34N2O2/c1-4-27(32-26-16-13-23-9-5-6-10-24(23)18-26)28(31)29-21(3)22-11-14-25(15-12-22)30-17-7-8-20(2)19-30/h5-6,9-16,18,20-21,27H,4,7-8,17,19H2,1-3H3,(H,29,31)/t20-,21-,27-/m1/s1. The molecule has 0 bridgehead atoms. The molecule has 4 rings (SSSR count). The van der Waals surface area contributed by atoms with Crippen LogP contribution in [0.4, 0.5) is 5.69 Å². The minimum Gasteiger partial charge on any atom is -0.481 e. The van der Waals surface area contributed by atoms with Gasteiger partial charge in [-0.15, -0.1) is 0 Å². The second kappa shape index (κ2) is 10.1. The first-order chi connectivity index (χ1) is 15.5. The maximum absolute atomic E-state index is 12.9. The van der Waals surface area contributed by atoms with Gasteiger partial charge in [0.05, 0.1) is 6.04 Å². The van der Waals surface area contributed by atoms with Crippen molar-refractivity contribution in [1.82, 2.24) is 5.32 Å². The topological polar surface area (TPSA) is 41.6 Å². The van der Waals surface area contributed by atoms with Crippen LogP contribution in [0.2, 0.25) is 0 Å². The Labute approximate surface area is 191 Å². The molecule has 1 aliphatic rings. The zero-order valence-electron chi connectivity index (χ0n) is 19.4. The second-order valence-corrected chi connectivity index (χ2v) is 9.04. The number of nitrogens with zero attached hydrogens (tertiary/aromatic N) is 1. The molecule has 4 nitrogen and oxygen atoms in total. The number of piperidine rings is 1. The summed E-state index contributed by atoms with van der Waals surface area (Å²) in [5, 5.41) is 5.40. The van der Waals surface area contributed by atoms with Gasteiger partial charge < -0.3 is 15.0 Å². The van der Waals surface area contributed by atoms with Gasteiger partial charge in [-0.1, -0.05) is 56.3 Å². The quantitative estimate of drug-likeness (QED) is 0.492. The smallest absolute Gasteiger partial charge is 0.261 e. The summed E-state index contributed by atoms with van der Waals surface area (Å²) >= 11 is 0. The third-order valence-electron chi connectivity index (χ3n) is 6.44. The number of hydrogen-bond donors (Lipinski definition) is 1. The van der Waals surface area contributed by atoms with E-state index in [2.05, 4.69) is 53.5 Å². The van der Waals surface area contributed by atoms with E-state index in [-0.39, 0.29) is 11.9 Å². The molecule has 0 spiro atoms. The van der Waals surface area contributed by atoms with Crippen molar-refractivity contribution < 1.29 is 9.53 Å². The van der Waals surface area contributed by atoms with Gasteiger partial charge in [0.2, 0.25) is 0 Å². The first kappa shape index (κ1) is 22.2. The van der Waals surface area contributed by atoms with Gasteiger partial charge in [0, 0.05) is 18.8 Å². The lowest BCUT2D eigenvalue weighted by Gasteiger charge is -2.33. The van der Waals surface area contributed by atoms with Crippen molar-refractivity contribution in [3.63, 3.8) is 0 Å². The zero-order chi connectivity index (χ0) is 22.5. The Bertz CT molecular complexity index is 1050. The SMILES string of the molecule is CC[C@@H](Oc1ccc2ccccc2c1)C(=O)N[C@H](C)c1ccc(N2CCC[C@@H](C)C2)cc1. The molecule has 1 aliphatic heterocycles. The van der Waals surface area contributed by atoms with Crippen LogP contribution in [0.25, 0.3) is 10.8 Å². The van der Waals surface area contributed by atoms with Crippen LogP contribution in [0.5, 0.6) is 5.75 Å². The normalized spacial score (nSPS) is 18.2. The van der Waals surface area contributed by atoms with Crippen LogP contribution in [-0.2, 0) is 4.79 Å². The Hall–Kier alpha value is -3.01. The lowest BCUT2D eigenvalue weighted by molar-refractivity contribution is -0.128. The fourth-order valence-electron chi connectivity index (χ4n) is 4.51. The molecular formula is C28H34N2O2. The first-order valence-electron chi connectivity index (χ1n) is 11.8. The molecule has 0 unspecified atom stereocenters. The molecule has 1 fully saturated rings. The van der Waals surface area contributed by atoms with Gasteiger partial charge in [0.1, 0.15) is 5.75 Å². The number of ether oxygens (including phenoxy) is 1. The van der Waals surface area contributed by atoms with Crippen LogP contribution in [0, 0.1) is 5.92 Å². The lowest BCUT2D eigenvalue weighted by atomic mass is 9.99. The molecule has 0 saturated carbocycles. The molecule has 32 heavy (non-hydrogen) atoms. The molecule has 0 radical (unpaired) electrons. The van der Waals surface area contributed by atoms with Crippen molar-refractivity contribution in [1.29, 1.82) is 0 Å². The molecule has 3 atom stereocenters. The third kappa shape index (κ3) is 5.24. The highest BCUT2D eigenvalue weighted by Gasteiger charge is 2.21. The van der Waals surface area contributed by atoms with E-state index in [0.29, 0.717) is 6.42 Å². The van der Waals surface area contributed by atoms with Crippen molar-refractivity contribution in [3.8, 4) is 5.75 Å². The number of hydrogen-bond acceptors (Lipinski definition) is 3. The number of carbonyl (C=O) groups is 1. The molecule has 0 aromatic heterocycles. The Balaban J connectivity index is 1.37. The van der Waals surface area contributed by atoms with Gasteiger partial charge >= 0.3 is 0 Å². The minimum absolute atomic E-state index is 0.0777. The molecule has 1 saturated heterocycles. The largest absolute Gasteiger partial charge is 0.481 e. The zero-order valence-corrected chi connectivity index (χ0v) is 19.4. The highest BCUT2D eigenvalue weighted by Crippen LogP contribution is 2.25. The van der Waals surface area contributed by atoms with Gasteiger partial charge in [-0.2, -0.15) is 0 Å². The Morgan fingerprint density at radius 1 is 1.09 bits per heavy atom. The number of nitrogens with one attached hydrogen (secondary N) is 1. The summed E-state index contributed by atoms with van der Waals surface area (Å²) in [5.74, 6) is 1.38. The van der Waals surface area contributed by atoms with Gasteiger partial charge in [-0.25, -0.2) is 0 Å². The average molecular weight is 431 g/mol. The van der Waals surface area contributed by atoms with Gasteiger partial charge in [-0.3, -0.25) is 4.79 Å². The van der Waals surface area contributed by atoms with E-state index in [1.165, 1.54) is 18.5 Å². The minimum atomic E-state index is -0.521. The van der Waals surface area contributed by atoms with E-state index in [1.54, 1.807) is 0 Å². The third-order valence-corrected chi connectivity index (χ3v) is 6.44. The predicted octanol–water partition coefficient (Wildman–Crippen LogP) is 6.11. The highest BCUT2D eigenvalue weighted by atomic mass is 16.5. The Morgan fingerprint density at radius 2 is 1.84 bits per heavy atom. The van der Waals surface area contributed by atoms with E-state index in [0.717, 1.165) is 41.1 Å². The lowest BCUT2D eigenvalue weighted by Crippen LogP contribution is -2.39. The number of amides is 1. The fourth-order valence-corrected chi connectivity index (χ4v) is 4.51. The number of rotatable bonds is 7. The van der Waals surface area contributed by atoms with E-state index in [9.17, 15) is 4.79 Å². The summed E-state index contributed by atoms with van der Waals surface area (Å²) in [7, 11) is 0. The van der Waals surface area contributed by atoms with E-state index >= 15 is 0 Å². The van der Waals surface area contributed by atoms with Crippen molar-refractivity contribution >= 4 is 22.4 Å². The van der Waals surface area contributed by atoms with Gasteiger partial charge in [0.25, 0.3) is 5.91 Å². The van der Waals surface area contributed by atoms with Crippen LogP contribution in [0.3, 0.4) is 0 Å². The number of anilines is 1. The van der Waals surface area contributed by atoms with Crippen molar-refractivity contribution in [3.05, 3.63) is 72.3 Å². The van der Waals surface area contributed by atoms with E-state index < -0.39 is 6.10 Å². The molecular weight excluding hydrogens is 396 g/mol. The maximum Gasteiger partial charge on any atom is 0.261 e. The Morgan fingerprint density at radius 3 is 2.56 bits per heavy atom. The highest BCUT2D eigenvalue weighted by molar-refractivity contribution is 5.84. The number of fused-ring (bicyclic) bond motifs is 1. The van der Waals surface area contributed by atoms with Crippen LogP contribution in [-0.4, -0.2) is 25.1 Å². The summed E-state index contributed by atoms with van der Waals surface area (Å²) in [4.78, 5) is 15.4. The van der Waals surface area contributed by atoms with Crippen molar-refractivity contribution in [2.75, 3.05) is 18.0 Å². The maximum atomic E-state index is 12.9. The summed E-state index contributed by atoms with van der Waals surface area (Å²) in [6.07, 6.45) is 2.66. The molecule has 1 heterocycles. The summed E-state index contributed by atoms with van der Waals surface area (Å²) < 4.78 is 6.06. The fraction of sp³-hybridized carbons (Fsp3) is 0.393.